The maximum Gasteiger partial charge on any atom is 0.329 e. The molecule has 92 valence electrons. The second-order valence-corrected chi connectivity index (χ2v) is 4.18. The number of nitrogens with one attached hydrogen (secondary N) is 1. The van der Waals surface area contributed by atoms with Crippen LogP contribution in [0.5, 0.6) is 0 Å². The van der Waals surface area contributed by atoms with E-state index < -0.39 is 12.6 Å². The molecule has 0 aliphatic heterocycles. The van der Waals surface area contributed by atoms with E-state index in [2.05, 4.69) is 10.1 Å². The Morgan fingerprint density at radius 1 is 1.25 bits per heavy atom. The van der Waals surface area contributed by atoms with Gasteiger partial charge in [-0.1, -0.05) is 25.7 Å². The number of carboxylic acids is 1. The number of ether oxygens (including phenoxy) is 1. The Kier molecular flexibility index (Phi) is 5.85. The number of aliphatic carboxylic acids is 1. The van der Waals surface area contributed by atoms with Gasteiger partial charge in [0.15, 0.2) is 0 Å². The Morgan fingerprint density at radius 3 is 2.56 bits per heavy atom. The highest BCUT2D eigenvalue weighted by atomic mass is 16.5. The minimum Gasteiger partial charge on any atom is -0.480 e. The molecule has 1 amide bonds. The second kappa shape index (κ2) is 7.22. The predicted octanol–water partition coefficient (Wildman–Crippen LogP) is 0.784. The largest absolute Gasteiger partial charge is 0.480 e. The molecular formula is C11H19NO4. The number of carbonyl (C=O) groups is 2. The molecule has 0 atom stereocenters. The Balaban J connectivity index is 1.95. The van der Waals surface area contributed by atoms with Crippen LogP contribution in [0, 0.1) is 5.92 Å². The highest BCUT2D eigenvalue weighted by molar-refractivity contribution is 5.77. The molecule has 1 rings (SSSR count). The first-order valence-electron chi connectivity index (χ1n) is 5.74. The Bertz CT molecular complexity index is 236. The third-order valence-electron chi connectivity index (χ3n) is 2.81. The summed E-state index contributed by atoms with van der Waals surface area (Å²) in [6, 6.07) is 0. The monoisotopic (exact) mass is 229 g/mol. The number of carboxylic acid groups (broad SMARTS) is 1. The van der Waals surface area contributed by atoms with Crippen LogP contribution < -0.4 is 5.32 Å². The number of rotatable bonds is 7. The zero-order valence-electron chi connectivity index (χ0n) is 9.41. The van der Waals surface area contributed by atoms with Crippen LogP contribution in [0.15, 0.2) is 0 Å². The summed E-state index contributed by atoms with van der Waals surface area (Å²) in [7, 11) is 0. The normalized spacial score (nSPS) is 16.2. The van der Waals surface area contributed by atoms with E-state index in [9.17, 15) is 9.59 Å². The molecule has 1 aliphatic rings. The van der Waals surface area contributed by atoms with Crippen LogP contribution in [-0.4, -0.2) is 36.7 Å². The van der Waals surface area contributed by atoms with Gasteiger partial charge in [0, 0.05) is 6.54 Å². The molecule has 0 saturated heterocycles. The summed E-state index contributed by atoms with van der Waals surface area (Å²) in [5.74, 6) is -0.543. The Labute approximate surface area is 95.2 Å². The topological polar surface area (TPSA) is 75.6 Å². The smallest absolute Gasteiger partial charge is 0.329 e. The molecule has 1 fully saturated rings. The van der Waals surface area contributed by atoms with Crippen molar-refractivity contribution >= 4 is 11.9 Å². The Hall–Kier alpha value is -1.10. The van der Waals surface area contributed by atoms with E-state index in [0.717, 1.165) is 12.3 Å². The molecule has 0 unspecified atom stereocenters. The van der Waals surface area contributed by atoms with Gasteiger partial charge in [0.2, 0.25) is 5.91 Å². The SMILES string of the molecule is O=C(O)COCC(=O)NCCC1CCCC1. The van der Waals surface area contributed by atoms with Gasteiger partial charge in [-0.15, -0.1) is 0 Å². The molecule has 5 nitrogen and oxygen atoms in total. The molecule has 0 aromatic rings. The third-order valence-corrected chi connectivity index (χ3v) is 2.81. The molecule has 0 radical (unpaired) electrons. The third kappa shape index (κ3) is 5.70. The minimum absolute atomic E-state index is 0.170. The van der Waals surface area contributed by atoms with Crippen LogP contribution in [0.25, 0.3) is 0 Å². The van der Waals surface area contributed by atoms with Crippen molar-refractivity contribution in [1.82, 2.24) is 5.32 Å². The van der Waals surface area contributed by atoms with E-state index in [1.54, 1.807) is 0 Å². The molecule has 0 aromatic carbocycles. The fourth-order valence-electron chi connectivity index (χ4n) is 2.00. The molecule has 0 heterocycles. The van der Waals surface area contributed by atoms with E-state index in [-0.39, 0.29) is 12.5 Å². The van der Waals surface area contributed by atoms with Gasteiger partial charge >= 0.3 is 5.97 Å². The molecule has 0 aromatic heterocycles. The lowest BCUT2D eigenvalue weighted by Crippen LogP contribution is -2.30. The minimum atomic E-state index is -1.06. The van der Waals surface area contributed by atoms with E-state index in [4.69, 9.17) is 5.11 Å². The molecule has 1 aliphatic carbocycles. The van der Waals surface area contributed by atoms with Gasteiger partial charge in [-0.25, -0.2) is 4.79 Å². The van der Waals surface area contributed by atoms with E-state index in [1.807, 2.05) is 0 Å². The second-order valence-electron chi connectivity index (χ2n) is 4.18. The predicted molar refractivity (Wildman–Crippen MR) is 58.0 cm³/mol. The number of hydrogen-bond acceptors (Lipinski definition) is 3. The summed E-state index contributed by atoms with van der Waals surface area (Å²) in [6.45, 7) is 0.0763. The fraction of sp³-hybridized carbons (Fsp3) is 0.818. The first-order valence-corrected chi connectivity index (χ1v) is 5.74. The van der Waals surface area contributed by atoms with E-state index >= 15 is 0 Å². The summed E-state index contributed by atoms with van der Waals surface area (Å²) >= 11 is 0. The molecule has 0 spiro atoms. The fourth-order valence-corrected chi connectivity index (χ4v) is 2.00. The first kappa shape index (κ1) is 13.0. The average Bonchev–Trinajstić information content (AvgIpc) is 2.70. The standard InChI is InChI=1S/C11H19NO4/c13-10(7-16-8-11(14)15)12-6-5-9-3-1-2-4-9/h9H,1-8H2,(H,12,13)(H,14,15). The van der Waals surface area contributed by atoms with Gasteiger partial charge < -0.3 is 15.2 Å². The van der Waals surface area contributed by atoms with Crippen molar-refractivity contribution in [3.05, 3.63) is 0 Å². The first-order chi connectivity index (χ1) is 7.68. The Morgan fingerprint density at radius 2 is 1.94 bits per heavy atom. The van der Waals surface area contributed by atoms with Crippen molar-refractivity contribution in [2.75, 3.05) is 19.8 Å². The van der Waals surface area contributed by atoms with Gasteiger partial charge in [0.1, 0.15) is 13.2 Å². The average molecular weight is 229 g/mol. The maximum atomic E-state index is 11.2. The lowest BCUT2D eigenvalue weighted by Gasteiger charge is -2.09. The summed E-state index contributed by atoms with van der Waals surface area (Å²) in [5.41, 5.74) is 0. The van der Waals surface area contributed by atoms with Crippen molar-refractivity contribution in [2.24, 2.45) is 5.92 Å². The highest BCUT2D eigenvalue weighted by Crippen LogP contribution is 2.26. The summed E-state index contributed by atoms with van der Waals surface area (Å²) in [6.07, 6.45) is 6.17. The van der Waals surface area contributed by atoms with Crippen LogP contribution in [0.4, 0.5) is 0 Å². The van der Waals surface area contributed by atoms with Crippen LogP contribution in [0.2, 0.25) is 0 Å². The number of carbonyl (C=O) groups excluding carboxylic acids is 1. The molecule has 1 saturated carbocycles. The van der Waals surface area contributed by atoms with Crippen molar-refractivity contribution < 1.29 is 19.4 Å². The lowest BCUT2D eigenvalue weighted by atomic mass is 10.0. The van der Waals surface area contributed by atoms with Crippen LogP contribution >= 0.6 is 0 Å². The van der Waals surface area contributed by atoms with E-state index in [0.29, 0.717) is 6.54 Å². The molecule has 5 heteroatoms. The van der Waals surface area contributed by atoms with Gasteiger partial charge in [0.05, 0.1) is 0 Å². The van der Waals surface area contributed by atoms with Crippen molar-refractivity contribution in [1.29, 1.82) is 0 Å². The zero-order valence-corrected chi connectivity index (χ0v) is 9.41. The highest BCUT2D eigenvalue weighted by Gasteiger charge is 2.14. The summed E-state index contributed by atoms with van der Waals surface area (Å²) < 4.78 is 4.67. The van der Waals surface area contributed by atoms with Crippen molar-refractivity contribution in [3.63, 3.8) is 0 Å². The summed E-state index contributed by atoms with van der Waals surface area (Å²) in [4.78, 5) is 21.3. The molecule has 0 bridgehead atoms. The molecular weight excluding hydrogens is 210 g/mol. The molecule has 2 N–H and O–H groups in total. The van der Waals surface area contributed by atoms with Crippen LogP contribution in [0.3, 0.4) is 0 Å². The number of amides is 1. The lowest BCUT2D eigenvalue weighted by molar-refractivity contribution is -0.143. The van der Waals surface area contributed by atoms with Crippen LogP contribution in [0.1, 0.15) is 32.1 Å². The quantitative estimate of drug-likeness (QED) is 0.676. The number of hydrogen-bond donors (Lipinski definition) is 2. The van der Waals surface area contributed by atoms with E-state index in [1.165, 1.54) is 25.7 Å². The van der Waals surface area contributed by atoms with Gasteiger partial charge in [-0.2, -0.15) is 0 Å². The van der Waals surface area contributed by atoms with Gasteiger partial charge in [-0.3, -0.25) is 4.79 Å². The van der Waals surface area contributed by atoms with Crippen LogP contribution in [-0.2, 0) is 14.3 Å². The van der Waals surface area contributed by atoms with Crippen molar-refractivity contribution in [3.8, 4) is 0 Å². The summed E-state index contributed by atoms with van der Waals surface area (Å²) in [5, 5.41) is 11.0. The van der Waals surface area contributed by atoms with Crippen molar-refractivity contribution in [2.45, 2.75) is 32.1 Å². The zero-order chi connectivity index (χ0) is 11.8. The maximum absolute atomic E-state index is 11.2. The van der Waals surface area contributed by atoms with Gasteiger partial charge in [-0.05, 0) is 12.3 Å². The van der Waals surface area contributed by atoms with Gasteiger partial charge in [0.25, 0.3) is 0 Å². The molecule has 16 heavy (non-hydrogen) atoms.